The van der Waals surface area contributed by atoms with Crippen molar-refractivity contribution in [2.45, 2.75) is 58.2 Å². The zero-order chi connectivity index (χ0) is 23.8. The van der Waals surface area contributed by atoms with Gasteiger partial charge in [-0.1, -0.05) is 84.1 Å². The number of primary amides is 1. The van der Waals surface area contributed by atoms with Crippen LogP contribution in [-0.4, -0.2) is 14.2 Å². The number of carbonyl (C=O) groups excluding carboxylic acids is 1. The first-order chi connectivity index (χ1) is 13.5. The van der Waals surface area contributed by atoms with Gasteiger partial charge < -0.3 is 10.5 Å². The minimum Gasteiger partial charge on any atom is -0.859 e. The molecule has 0 fully saturated rings. The van der Waals surface area contributed by atoms with Crippen LogP contribution in [0.25, 0.3) is 0 Å². The van der Waals surface area contributed by atoms with Crippen molar-refractivity contribution in [1.29, 1.82) is 5.26 Å². The number of halogens is 2. The minimum absolute atomic E-state index is 0. The van der Waals surface area contributed by atoms with Gasteiger partial charge >= 0.3 is 51.4 Å². The summed E-state index contributed by atoms with van der Waals surface area (Å²) in [7, 11) is -1.86. The fourth-order valence-corrected chi connectivity index (χ4v) is 2.47. The summed E-state index contributed by atoms with van der Waals surface area (Å²) in [5.41, 5.74) is 6.29. The molecular formula is C23H31Br2KN2O2Si. The van der Waals surface area contributed by atoms with Gasteiger partial charge in [-0.3, -0.25) is 4.79 Å². The van der Waals surface area contributed by atoms with E-state index in [1.165, 1.54) is 0 Å². The van der Waals surface area contributed by atoms with Crippen molar-refractivity contribution in [3.63, 3.8) is 0 Å². The summed E-state index contributed by atoms with van der Waals surface area (Å²) < 4.78 is 2.04. The molecule has 0 aliphatic carbocycles. The summed E-state index contributed by atoms with van der Waals surface area (Å²) >= 11 is 6.68. The second-order valence-electron chi connectivity index (χ2n) is 8.85. The Morgan fingerprint density at radius 3 is 1.45 bits per heavy atom. The molecule has 8 heteroatoms. The number of hydrogen-bond donors (Lipinski definition) is 1. The Bertz CT molecular complexity index is 851. The molecule has 1 amide bonds. The molecular weight excluding hydrogens is 563 g/mol. The van der Waals surface area contributed by atoms with Crippen LogP contribution < -0.4 is 61.9 Å². The van der Waals surface area contributed by atoms with Gasteiger partial charge in [0.15, 0.2) is 0 Å². The van der Waals surface area contributed by atoms with Crippen LogP contribution in [0.15, 0.2) is 57.5 Å². The second kappa shape index (κ2) is 14.4. The van der Waals surface area contributed by atoms with Crippen molar-refractivity contribution in [1.82, 2.24) is 0 Å². The summed E-state index contributed by atoms with van der Waals surface area (Å²) in [6.07, 6.45) is 0. The van der Waals surface area contributed by atoms with Crippen LogP contribution in [0.2, 0.25) is 19.6 Å². The van der Waals surface area contributed by atoms with E-state index in [4.69, 9.17) is 11.0 Å². The molecule has 0 saturated heterocycles. The van der Waals surface area contributed by atoms with E-state index in [2.05, 4.69) is 37.9 Å². The van der Waals surface area contributed by atoms with Gasteiger partial charge in [-0.2, -0.15) is 5.26 Å². The minimum atomic E-state index is -1.86. The first kappa shape index (κ1) is 33.3. The number of hydrogen-bond acceptors (Lipinski definition) is 3. The predicted molar refractivity (Wildman–Crippen MR) is 132 cm³/mol. The van der Waals surface area contributed by atoms with E-state index in [9.17, 15) is 9.59 Å². The number of amides is 1. The zero-order valence-corrected chi connectivity index (χ0v) is 27.0. The van der Waals surface area contributed by atoms with Crippen LogP contribution in [0.1, 0.15) is 38.8 Å². The van der Waals surface area contributed by atoms with Gasteiger partial charge in [0, 0.05) is 8.95 Å². The van der Waals surface area contributed by atoms with Gasteiger partial charge in [0.25, 0.3) is 0 Å². The predicted octanol–water partition coefficient (Wildman–Crippen LogP) is 2.65. The molecule has 0 atom stereocenters. The normalized spacial score (nSPS) is 10.9. The van der Waals surface area contributed by atoms with Crippen LogP contribution in [-0.2, 0) is 15.6 Å². The fourth-order valence-electron chi connectivity index (χ4n) is 1.94. The monoisotopic (exact) mass is 592 g/mol. The molecule has 2 aromatic rings. The largest absolute Gasteiger partial charge is 1.00 e. The van der Waals surface area contributed by atoms with E-state index in [1.54, 1.807) is 19.6 Å². The van der Waals surface area contributed by atoms with Crippen molar-refractivity contribution in [3.8, 4) is 6.07 Å². The van der Waals surface area contributed by atoms with Crippen LogP contribution in [0.3, 0.4) is 0 Å². The summed E-state index contributed by atoms with van der Waals surface area (Å²) in [4.78, 5) is 21.4. The zero-order valence-electron chi connectivity index (χ0n) is 19.7. The molecule has 0 heterocycles. The molecule has 164 valence electrons. The van der Waals surface area contributed by atoms with Crippen molar-refractivity contribution in [3.05, 3.63) is 68.6 Å². The molecule has 2 rings (SSSR count). The Hall–Kier alpha value is 0.173. The molecule has 0 radical (unpaired) electrons. The van der Waals surface area contributed by atoms with E-state index >= 15 is 0 Å². The van der Waals surface area contributed by atoms with Gasteiger partial charge in [-0.05, 0) is 63.1 Å². The number of rotatable bonds is 3. The number of nitriles is 1. The van der Waals surface area contributed by atoms with Crippen LogP contribution in [0.5, 0.6) is 0 Å². The fraction of sp³-hybridized carbons (Fsp3) is 0.391. The van der Waals surface area contributed by atoms with Crippen LogP contribution in [0, 0.1) is 11.3 Å². The standard InChI is InChI=1S/C10H12BrNO.C10H10BrN.C3H9OSi.K/c1-10(2,9(12)13)7-3-5-8(11)6-4-7;1-10(2,7-12)8-3-5-9(11)6-4-8;1-5(2,3)4;/h3-6H,1-2H3,(H2,12,13);3-6H,1-2H3;1-3H3;/q;;-1;+1. The quantitative estimate of drug-likeness (QED) is 0.555. The van der Waals surface area contributed by atoms with Gasteiger partial charge in [-0.15, -0.1) is 0 Å². The SMILES string of the molecule is CC(C)(C#N)c1ccc(Br)cc1.CC(C)(C(N)=O)c1ccc(Br)cc1.C[Si](C)(C)[O-].[K+]. The topological polar surface area (TPSA) is 89.9 Å². The first-order valence-electron chi connectivity index (χ1n) is 9.44. The van der Waals surface area contributed by atoms with E-state index in [0.717, 1.165) is 20.1 Å². The maximum atomic E-state index is 11.1. The van der Waals surface area contributed by atoms with E-state index in [1.807, 2.05) is 76.2 Å². The Morgan fingerprint density at radius 2 is 1.19 bits per heavy atom. The number of benzene rings is 2. The Labute approximate surface area is 247 Å². The maximum absolute atomic E-state index is 11.1. The Morgan fingerprint density at radius 1 is 0.903 bits per heavy atom. The second-order valence-corrected chi connectivity index (χ2v) is 14.9. The van der Waals surface area contributed by atoms with Crippen LogP contribution >= 0.6 is 31.9 Å². The average Bonchev–Trinajstić information content (AvgIpc) is 2.61. The van der Waals surface area contributed by atoms with Crippen molar-refractivity contribution in [2.24, 2.45) is 5.73 Å². The smallest absolute Gasteiger partial charge is 0.859 e. The molecule has 0 aliphatic heterocycles. The summed E-state index contributed by atoms with van der Waals surface area (Å²) in [5.74, 6) is -0.310. The third-order valence-corrected chi connectivity index (χ3v) is 5.08. The van der Waals surface area contributed by atoms with Crippen molar-refractivity contribution >= 4 is 46.1 Å². The van der Waals surface area contributed by atoms with Gasteiger partial charge in [0.05, 0.1) is 16.9 Å². The van der Waals surface area contributed by atoms with Crippen molar-refractivity contribution < 1.29 is 61.0 Å². The molecule has 2 N–H and O–H groups in total. The van der Waals surface area contributed by atoms with Gasteiger partial charge in [0.2, 0.25) is 5.91 Å². The van der Waals surface area contributed by atoms with Crippen molar-refractivity contribution in [2.75, 3.05) is 0 Å². The Balaban J connectivity index is 0. The van der Waals surface area contributed by atoms with E-state index < -0.39 is 13.7 Å². The average molecular weight is 595 g/mol. The number of nitrogens with zero attached hydrogens (tertiary/aromatic N) is 1. The molecule has 0 aliphatic rings. The molecule has 4 nitrogen and oxygen atoms in total. The molecule has 0 saturated carbocycles. The number of carbonyl (C=O) groups is 1. The molecule has 31 heavy (non-hydrogen) atoms. The third-order valence-electron chi connectivity index (χ3n) is 4.03. The number of nitrogens with two attached hydrogens (primary N) is 1. The maximum Gasteiger partial charge on any atom is 1.00 e. The van der Waals surface area contributed by atoms with E-state index in [0.29, 0.717) is 0 Å². The summed E-state index contributed by atoms with van der Waals surface area (Å²) in [5, 5.41) is 8.86. The van der Waals surface area contributed by atoms with E-state index in [-0.39, 0.29) is 62.7 Å². The van der Waals surface area contributed by atoms with Gasteiger partial charge in [0.1, 0.15) is 0 Å². The molecule has 0 unspecified atom stereocenters. The molecule has 0 aromatic heterocycles. The molecule has 2 aromatic carbocycles. The molecule has 0 spiro atoms. The summed E-state index contributed by atoms with van der Waals surface area (Å²) in [6, 6.07) is 17.7. The summed E-state index contributed by atoms with van der Waals surface area (Å²) in [6.45, 7) is 12.8. The van der Waals surface area contributed by atoms with Gasteiger partial charge in [-0.25, -0.2) is 0 Å². The Kier molecular flexibility index (Phi) is 15.5. The molecule has 0 bridgehead atoms. The third kappa shape index (κ3) is 14.1. The first-order valence-corrected chi connectivity index (χ1v) is 14.4. The van der Waals surface area contributed by atoms with Crippen LogP contribution in [0.4, 0.5) is 0 Å².